The summed E-state index contributed by atoms with van der Waals surface area (Å²) in [6, 6.07) is 6.52. The number of aliphatic hydroxyl groups is 1. The highest BCUT2D eigenvalue weighted by atomic mass is 32.2. The lowest BCUT2D eigenvalue weighted by molar-refractivity contribution is 0.00589. The standard InChI is InChI=1S/C12H15NO4S/c1-18(16,17)8-9-2-4-10(5-3-9)12(15)13-6-11(14)7-13/h2-5,11,14H,6-8H2,1H3. The van der Waals surface area contributed by atoms with Crippen molar-refractivity contribution in [1.82, 2.24) is 4.90 Å². The fourth-order valence-electron chi connectivity index (χ4n) is 1.85. The summed E-state index contributed by atoms with van der Waals surface area (Å²) in [6.07, 6.45) is 0.756. The molecule has 0 unspecified atom stereocenters. The molecule has 98 valence electrons. The molecule has 0 aliphatic carbocycles. The zero-order valence-electron chi connectivity index (χ0n) is 10.0. The van der Waals surface area contributed by atoms with E-state index in [1.165, 1.54) is 6.26 Å². The molecule has 1 aromatic carbocycles. The second-order valence-electron chi connectivity index (χ2n) is 4.63. The average Bonchev–Trinajstić information content (AvgIpc) is 2.23. The van der Waals surface area contributed by atoms with Gasteiger partial charge in [0.1, 0.15) is 0 Å². The van der Waals surface area contributed by atoms with Gasteiger partial charge in [-0.15, -0.1) is 0 Å². The van der Waals surface area contributed by atoms with Crippen LogP contribution in [-0.2, 0) is 15.6 Å². The van der Waals surface area contributed by atoms with Gasteiger partial charge in [0.2, 0.25) is 0 Å². The maximum Gasteiger partial charge on any atom is 0.254 e. The van der Waals surface area contributed by atoms with Crippen molar-refractivity contribution in [2.45, 2.75) is 11.9 Å². The first-order chi connectivity index (χ1) is 8.35. The number of hydrogen-bond acceptors (Lipinski definition) is 4. The van der Waals surface area contributed by atoms with Gasteiger partial charge in [0, 0.05) is 24.9 Å². The number of rotatable bonds is 3. The lowest BCUT2D eigenvalue weighted by Gasteiger charge is -2.35. The summed E-state index contributed by atoms with van der Waals surface area (Å²) in [5.74, 6) is -0.157. The van der Waals surface area contributed by atoms with Crippen molar-refractivity contribution in [3.8, 4) is 0 Å². The van der Waals surface area contributed by atoms with Crippen LogP contribution in [0.1, 0.15) is 15.9 Å². The average molecular weight is 269 g/mol. The molecule has 1 fully saturated rings. The second-order valence-corrected chi connectivity index (χ2v) is 6.77. The lowest BCUT2D eigenvalue weighted by Crippen LogP contribution is -2.53. The maximum absolute atomic E-state index is 11.9. The van der Waals surface area contributed by atoms with Crippen molar-refractivity contribution in [2.24, 2.45) is 0 Å². The third kappa shape index (κ3) is 3.08. The van der Waals surface area contributed by atoms with Crippen molar-refractivity contribution < 1.29 is 18.3 Å². The van der Waals surface area contributed by atoms with Crippen LogP contribution in [0.5, 0.6) is 0 Å². The van der Waals surface area contributed by atoms with Gasteiger partial charge >= 0.3 is 0 Å². The molecule has 5 nitrogen and oxygen atoms in total. The van der Waals surface area contributed by atoms with E-state index in [1.54, 1.807) is 29.2 Å². The number of sulfone groups is 1. The summed E-state index contributed by atoms with van der Waals surface area (Å²) in [5.41, 5.74) is 1.18. The van der Waals surface area contributed by atoms with Crippen LogP contribution < -0.4 is 0 Å². The van der Waals surface area contributed by atoms with E-state index in [9.17, 15) is 13.2 Å². The monoisotopic (exact) mass is 269 g/mol. The van der Waals surface area contributed by atoms with Gasteiger partial charge in [-0.1, -0.05) is 12.1 Å². The van der Waals surface area contributed by atoms with Gasteiger partial charge in [-0.2, -0.15) is 0 Å². The van der Waals surface area contributed by atoms with Crippen LogP contribution in [0.15, 0.2) is 24.3 Å². The Morgan fingerprint density at radius 2 is 1.89 bits per heavy atom. The highest BCUT2D eigenvalue weighted by Gasteiger charge is 2.29. The second kappa shape index (κ2) is 4.70. The Bertz CT molecular complexity index is 544. The summed E-state index contributed by atoms with van der Waals surface area (Å²) in [7, 11) is -3.06. The van der Waals surface area contributed by atoms with Crippen LogP contribution >= 0.6 is 0 Å². The van der Waals surface area contributed by atoms with Crippen LogP contribution in [0.3, 0.4) is 0 Å². The number of β-amino-alcohol motifs (C(OH)–C–C–N with tert-alkyl or cyclic N) is 1. The smallest absolute Gasteiger partial charge is 0.254 e. The summed E-state index contributed by atoms with van der Waals surface area (Å²) in [4.78, 5) is 13.4. The maximum atomic E-state index is 11.9. The SMILES string of the molecule is CS(=O)(=O)Cc1ccc(C(=O)N2CC(O)C2)cc1. The van der Waals surface area contributed by atoms with Gasteiger partial charge < -0.3 is 10.0 Å². The molecule has 1 saturated heterocycles. The van der Waals surface area contributed by atoms with E-state index in [2.05, 4.69) is 0 Å². The van der Waals surface area contributed by atoms with Crippen LogP contribution in [0.25, 0.3) is 0 Å². The Morgan fingerprint density at radius 3 is 2.33 bits per heavy atom. The van der Waals surface area contributed by atoms with Crippen LogP contribution in [-0.4, -0.2) is 49.8 Å². The van der Waals surface area contributed by atoms with Gasteiger partial charge in [0.25, 0.3) is 5.91 Å². The third-order valence-electron chi connectivity index (χ3n) is 2.78. The summed E-state index contributed by atoms with van der Waals surface area (Å²) >= 11 is 0. The Hall–Kier alpha value is -1.40. The van der Waals surface area contributed by atoms with E-state index in [4.69, 9.17) is 5.11 Å². The molecule has 0 bridgehead atoms. The molecule has 6 heteroatoms. The van der Waals surface area contributed by atoms with Gasteiger partial charge in [-0.25, -0.2) is 8.42 Å². The van der Waals surface area contributed by atoms with Crippen molar-refractivity contribution >= 4 is 15.7 Å². The van der Waals surface area contributed by atoms with Gasteiger partial charge in [0.15, 0.2) is 9.84 Å². The van der Waals surface area contributed by atoms with E-state index in [1.807, 2.05) is 0 Å². The van der Waals surface area contributed by atoms with E-state index < -0.39 is 15.9 Å². The predicted molar refractivity (Wildman–Crippen MR) is 66.9 cm³/mol. The van der Waals surface area contributed by atoms with Crippen molar-refractivity contribution in [2.75, 3.05) is 19.3 Å². The van der Waals surface area contributed by atoms with Gasteiger partial charge in [-0.05, 0) is 17.7 Å². The van der Waals surface area contributed by atoms with E-state index in [0.29, 0.717) is 24.2 Å². The first kappa shape index (κ1) is 13.0. The van der Waals surface area contributed by atoms with E-state index in [0.717, 1.165) is 0 Å². The Kier molecular flexibility index (Phi) is 3.41. The minimum atomic E-state index is -3.06. The number of likely N-dealkylation sites (tertiary alicyclic amines) is 1. The topological polar surface area (TPSA) is 74.7 Å². The minimum absolute atomic E-state index is 0.0239. The lowest BCUT2D eigenvalue weighted by atomic mass is 10.1. The normalized spacial score (nSPS) is 16.4. The molecule has 1 aromatic rings. The first-order valence-electron chi connectivity index (χ1n) is 5.59. The largest absolute Gasteiger partial charge is 0.389 e. The number of carbonyl (C=O) groups is 1. The van der Waals surface area contributed by atoms with Crippen LogP contribution in [0.2, 0.25) is 0 Å². The molecular weight excluding hydrogens is 254 g/mol. The highest BCUT2D eigenvalue weighted by Crippen LogP contribution is 2.14. The number of hydrogen-bond donors (Lipinski definition) is 1. The zero-order valence-corrected chi connectivity index (χ0v) is 10.9. The predicted octanol–water partition coefficient (Wildman–Crippen LogP) is 0.0479. The molecule has 0 atom stereocenters. The number of benzene rings is 1. The molecule has 0 aromatic heterocycles. The Balaban J connectivity index is 2.06. The number of nitrogens with zero attached hydrogens (tertiary/aromatic N) is 1. The third-order valence-corrected chi connectivity index (χ3v) is 3.64. The molecule has 1 amide bonds. The molecule has 0 saturated carbocycles. The summed E-state index contributed by atoms with van der Waals surface area (Å²) < 4.78 is 22.2. The molecule has 1 heterocycles. The molecule has 1 aliphatic rings. The quantitative estimate of drug-likeness (QED) is 0.841. The minimum Gasteiger partial charge on any atom is -0.389 e. The molecule has 2 rings (SSSR count). The zero-order chi connectivity index (χ0) is 13.3. The first-order valence-corrected chi connectivity index (χ1v) is 7.65. The number of carbonyl (C=O) groups excluding carboxylic acids is 1. The summed E-state index contributed by atoms with van der Waals surface area (Å²) in [6.45, 7) is 0.730. The molecule has 0 radical (unpaired) electrons. The van der Waals surface area contributed by atoms with Gasteiger partial charge in [0.05, 0.1) is 11.9 Å². The van der Waals surface area contributed by atoms with Crippen molar-refractivity contribution in [3.63, 3.8) is 0 Å². The fraction of sp³-hybridized carbons (Fsp3) is 0.417. The highest BCUT2D eigenvalue weighted by molar-refractivity contribution is 7.89. The van der Waals surface area contributed by atoms with Crippen LogP contribution in [0.4, 0.5) is 0 Å². The van der Waals surface area contributed by atoms with E-state index >= 15 is 0 Å². The van der Waals surface area contributed by atoms with Crippen molar-refractivity contribution in [1.29, 1.82) is 0 Å². The number of amides is 1. The van der Waals surface area contributed by atoms with E-state index in [-0.39, 0.29) is 11.7 Å². The van der Waals surface area contributed by atoms with Gasteiger partial charge in [-0.3, -0.25) is 4.79 Å². The number of aliphatic hydroxyl groups excluding tert-OH is 1. The van der Waals surface area contributed by atoms with Crippen molar-refractivity contribution in [3.05, 3.63) is 35.4 Å². The molecular formula is C12H15NO4S. The molecule has 18 heavy (non-hydrogen) atoms. The molecule has 1 N–H and O–H groups in total. The summed E-state index contributed by atoms with van der Waals surface area (Å²) in [5, 5.41) is 9.13. The molecule has 1 aliphatic heterocycles. The fourth-order valence-corrected chi connectivity index (χ4v) is 2.65. The van der Waals surface area contributed by atoms with Crippen LogP contribution in [0, 0.1) is 0 Å². The Labute approximate surface area is 106 Å². The molecule has 0 spiro atoms. The Morgan fingerprint density at radius 1 is 1.33 bits per heavy atom.